The van der Waals surface area contributed by atoms with Crippen LogP contribution in [0.2, 0.25) is 0 Å². The second-order valence-electron chi connectivity index (χ2n) is 1.89. The van der Waals surface area contributed by atoms with E-state index in [1.54, 1.807) is 0 Å². The molecule has 42 valence electrons. The average molecular weight is 109 g/mol. The number of nitrogens with one attached hydrogen (secondary N) is 1. The third-order valence-corrected chi connectivity index (χ3v) is 1.10. The molecule has 8 heavy (non-hydrogen) atoms. The van der Waals surface area contributed by atoms with E-state index in [4.69, 9.17) is 0 Å². The molecule has 0 bridgehead atoms. The number of hydrogen-bond donors (Lipinski definition) is 1. The molecule has 1 rings (SSSR count). The van der Waals surface area contributed by atoms with Crippen LogP contribution in [0.25, 0.3) is 0 Å². The molecule has 2 heteroatoms. The Balaban J connectivity index is 2.95. The molecule has 0 saturated carbocycles. The van der Waals surface area contributed by atoms with Crippen LogP contribution in [0.4, 0.5) is 0 Å². The van der Waals surface area contributed by atoms with E-state index < -0.39 is 0 Å². The number of rotatable bonds is 0. The van der Waals surface area contributed by atoms with Gasteiger partial charge in [0.15, 0.2) is 11.4 Å². The molecule has 0 fully saturated rings. The van der Waals surface area contributed by atoms with Gasteiger partial charge in [-0.3, -0.25) is 0 Å². The van der Waals surface area contributed by atoms with Crippen LogP contribution >= 0.6 is 0 Å². The lowest BCUT2D eigenvalue weighted by molar-refractivity contribution is -0.383. The normalized spacial score (nSPS) is 18.5. The summed E-state index contributed by atoms with van der Waals surface area (Å²) < 4.78 is 0. The summed E-state index contributed by atoms with van der Waals surface area (Å²) in [5.41, 5.74) is 1.91. The van der Waals surface area contributed by atoms with Crippen molar-refractivity contribution in [1.82, 2.24) is 0 Å². The molecule has 0 atom stereocenters. The topological polar surface area (TPSA) is 26.3 Å². The van der Waals surface area contributed by atoms with Gasteiger partial charge in [0.05, 0.1) is 0 Å². The van der Waals surface area contributed by atoms with Gasteiger partial charge in [-0.25, -0.2) is 4.99 Å². The third-order valence-electron chi connectivity index (χ3n) is 1.10. The highest BCUT2D eigenvalue weighted by Crippen LogP contribution is 1.87. The zero-order valence-electron chi connectivity index (χ0n) is 5.15. The zero-order chi connectivity index (χ0) is 6.15. The molecule has 0 radical (unpaired) electrons. The van der Waals surface area contributed by atoms with E-state index in [2.05, 4.69) is 16.6 Å². The van der Waals surface area contributed by atoms with Crippen molar-refractivity contribution in [3.05, 3.63) is 12.3 Å². The molecular formula is C6H9N2+. The first kappa shape index (κ1) is 5.22. The summed E-state index contributed by atoms with van der Waals surface area (Å²) in [5.74, 6) is 0.938. The number of aliphatic imine (C=N–C) groups is 1. The minimum atomic E-state index is 0.919. The average Bonchev–Trinajstić information content (AvgIpc) is 1.85. The fourth-order valence-electron chi connectivity index (χ4n) is 0.656. The van der Waals surface area contributed by atoms with Gasteiger partial charge in [-0.1, -0.05) is 0 Å². The van der Waals surface area contributed by atoms with E-state index in [1.807, 2.05) is 13.8 Å². The van der Waals surface area contributed by atoms with Crippen LogP contribution in [0.3, 0.4) is 0 Å². The Morgan fingerprint density at radius 3 is 2.25 bits per heavy atom. The lowest BCUT2D eigenvalue weighted by Crippen LogP contribution is -2.67. The minimum absolute atomic E-state index is 0.919. The van der Waals surface area contributed by atoms with Gasteiger partial charge < -0.3 is 0 Å². The van der Waals surface area contributed by atoms with Gasteiger partial charge in [0.2, 0.25) is 0 Å². The molecule has 1 aliphatic heterocycles. The van der Waals surface area contributed by atoms with Crippen LogP contribution in [-0.2, 0) is 0 Å². The van der Waals surface area contributed by atoms with Crippen molar-refractivity contribution in [2.75, 3.05) is 0 Å². The van der Waals surface area contributed by atoms with Crippen LogP contribution in [0.5, 0.6) is 0 Å². The lowest BCUT2D eigenvalue weighted by Gasteiger charge is -1.74. The summed E-state index contributed by atoms with van der Waals surface area (Å²) in [5, 5.41) is 0. The van der Waals surface area contributed by atoms with Gasteiger partial charge in [0, 0.05) is 13.8 Å². The molecule has 0 aromatic carbocycles. The third kappa shape index (κ3) is 0.689. The van der Waals surface area contributed by atoms with Crippen LogP contribution in [0, 0.1) is 0 Å². The Morgan fingerprint density at radius 2 is 2.12 bits per heavy atom. The summed E-state index contributed by atoms with van der Waals surface area (Å²) in [4.78, 5) is 7.08. The summed E-state index contributed by atoms with van der Waals surface area (Å²) in [6, 6.07) is 0. The second kappa shape index (κ2) is 1.54. The molecule has 0 amide bonds. The SMILES string of the molecule is C=C1[NH+]=C(C)N=C1C. The van der Waals surface area contributed by atoms with Gasteiger partial charge in [-0.2, -0.15) is 0 Å². The van der Waals surface area contributed by atoms with E-state index in [1.165, 1.54) is 0 Å². The Bertz CT molecular complexity index is 184. The van der Waals surface area contributed by atoms with Crippen molar-refractivity contribution in [1.29, 1.82) is 0 Å². The molecule has 0 aromatic rings. The standard InChI is InChI=1S/C6H8N2/c1-4-5(2)8-6(3)7-4/h1H2,2-3H3/p+1. The second-order valence-corrected chi connectivity index (χ2v) is 1.89. The zero-order valence-corrected chi connectivity index (χ0v) is 5.15. The van der Waals surface area contributed by atoms with Crippen molar-refractivity contribution in [2.45, 2.75) is 13.8 Å². The molecule has 0 aromatic heterocycles. The summed E-state index contributed by atoms with van der Waals surface area (Å²) >= 11 is 0. The Hall–Kier alpha value is -0.920. The van der Waals surface area contributed by atoms with Crippen LogP contribution in [-0.4, -0.2) is 11.5 Å². The van der Waals surface area contributed by atoms with E-state index >= 15 is 0 Å². The first-order valence-electron chi connectivity index (χ1n) is 2.55. The van der Waals surface area contributed by atoms with E-state index in [9.17, 15) is 0 Å². The number of nitrogens with zero attached hydrogens (tertiary/aromatic N) is 1. The molecule has 0 unspecified atom stereocenters. The highest BCUT2D eigenvalue weighted by molar-refractivity contribution is 6.05. The molecule has 0 spiro atoms. The first-order valence-corrected chi connectivity index (χ1v) is 2.55. The maximum atomic E-state index is 4.09. The smallest absolute Gasteiger partial charge is 0.238 e. The molecule has 0 aliphatic carbocycles. The molecule has 0 saturated heterocycles. The van der Waals surface area contributed by atoms with Crippen LogP contribution < -0.4 is 4.99 Å². The quantitative estimate of drug-likeness (QED) is 0.433. The first-order chi connectivity index (χ1) is 3.70. The van der Waals surface area contributed by atoms with Gasteiger partial charge >= 0.3 is 0 Å². The van der Waals surface area contributed by atoms with Gasteiger partial charge in [-0.05, 0) is 11.6 Å². The van der Waals surface area contributed by atoms with Gasteiger partial charge in [-0.15, -0.1) is 0 Å². The molecule has 2 nitrogen and oxygen atoms in total. The number of hydrogen-bond acceptors (Lipinski definition) is 1. The summed E-state index contributed by atoms with van der Waals surface area (Å²) in [6.45, 7) is 7.58. The monoisotopic (exact) mass is 109 g/mol. The number of allylic oxidation sites excluding steroid dienone is 1. The van der Waals surface area contributed by atoms with Crippen LogP contribution in [0.15, 0.2) is 17.3 Å². The fourth-order valence-corrected chi connectivity index (χ4v) is 0.656. The van der Waals surface area contributed by atoms with Crippen molar-refractivity contribution in [2.24, 2.45) is 4.99 Å². The predicted octanol–water partition coefficient (Wildman–Crippen LogP) is -0.526. The van der Waals surface area contributed by atoms with Gasteiger partial charge in [0.25, 0.3) is 5.84 Å². The maximum Gasteiger partial charge on any atom is 0.294 e. The highest BCUT2D eigenvalue weighted by Gasteiger charge is 2.14. The number of amidine groups is 1. The van der Waals surface area contributed by atoms with Crippen molar-refractivity contribution in [3.63, 3.8) is 0 Å². The summed E-state index contributed by atoms with van der Waals surface area (Å²) in [6.07, 6.45) is 0. The van der Waals surface area contributed by atoms with Crippen molar-refractivity contribution < 1.29 is 4.99 Å². The molecule has 1 N–H and O–H groups in total. The largest absolute Gasteiger partial charge is 0.294 e. The Labute approximate surface area is 48.7 Å². The maximum absolute atomic E-state index is 4.09. The van der Waals surface area contributed by atoms with Crippen molar-refractivity contribution >= 4 is 11.5 Å². The predicted molar refractivity (Wildman–Crippen MR) is 33.9 cm³/mol. The lowest BCUT2D eigenvalue weighted by atomic mass is 10.4. The minimum Gasteiger partial charge on any atom is -0.238 e. The van der Waals surface area contributed by atoms with Gasteiger partial charge in [0.1, 0.15) is 0 Å². The highest BCUT2D eigenvalue weighted by atomic mass is 15.0. The van der Waals surface area contributed by atoms with E-state index in [0.717, 1.165) is 17.2 Å². The Kier molecular flexibility index (Phi) is 1.01. The van der Waals surface area contributed by atoms with E-state index in [-0.39, 0.29) is 0 Å². The Morgan fingerprint density at radius 1 is 1.50 bits per heavy atom. The van der Waals surface area contributed by atoms with E-state index in [0.29, 0.717) is 0 Å². The fraction of sp³-hybridized carbons (Fsp3) is 0.333. The molecule has 1 heterocycles. The molecular weight excluding hydrogens is 100 g/mol. The summed E-state index contributed by atoms with van der Waals surface area (Å²) in [7, 11) is 0. The van der Waals surface area contributed by atoms with Crippen molar-refractivity contribution in [3.8, 4) is 0 Å². The molecule has 1 aliphatic rings. The van der Waals surface area contributed by atoms with Crippen LogP contribution in [0.1, 0.15) is 13.8 Å².